The third-order valence-corrected chi connectivity index (χ3v) is 8.14. The monoisotopic (exact) mass is 495 g/mol. The first-order valence-corrected chi connectivity index (χ1v) is 12.4. The van der Waals surface area contributed by atoms with E-state index in [1.807, 2.05) is 0 Å². The van der Waals surface area contributed by atoms with Crippen LogP contribution in [-0.2, 0) is 26.1 Å². The maximum Gasteiger partial charge on any atom is 0.325 e. The van der Waals surface area contributed by atoms with E-state index in [-0.39, 0.29) is 17.0 Å². The lowest BCUT2D eigenvalue weighted by Gasteiger charge is -2.18. The predicted octanol–water partition coefficient (Wildman–Crippen LogP) is 3.30. The van der Waals surface area contributed by atoms with Crippen LogP contribution in [0.5, 0.6) is 0 Å². The average Bonchev–Trinajstić information content (AvgIpc) is 3.10. The van der Waals surface area contributed by atoms with Gasteiger partial charge in [0.15, 0.2) is 4.80 Å². The van der Waals surface area contributed by atoms with E-state index < -0.39 is 21.9 Å². The smallest absolute Gasteiger partial charge is 0.325 e. The van der Waals surface area contributed by atoms with E-state index in [0.717, 1.165) is 4.70 Å². The second kappa shape index (κ2) is 9.95. The zero-order valence-electron chi connectivity index (χ0n) is 17.7. The van der Waals surface area contributed by atoms with Crippen molar-refractivity contribution in [2.24, 2.45) is 4.99 Å². The second-order valence-corrected chi connectivity index (χ2v) is 10.1. The van der Waals surface area contributed by atoms with Gasteiger partial charge in [-0.15, -0.1) is 0 Å². The Hall–Kier alpha value is -2.53. The van der Waals surface area contributed by atoms with Crippen molar-refractivity contribution in [3.05, 3.63) is 57.9 Å². The lowest BCUT2D eigenvalue weighted by Crippen LogP contribution is -2.30. The van der Waals surface area contributed by atoms with Crippen LogP contribution in [0.25, 0.3) is 10.2 Å². The van der Waals surface area contributed by atoms with Gasteiger partial charge in [0.25, 0.3) is 5.91 Å². The van der Waals surface area contributed by atoms with Gasteiger partial charge in [-0.25, -0.2) is 8.42 Å². The van der Waals surface area contributed by atoms with E-state index in [4.69, 9.17) is 16.3 Å². The molecule has 0 bridgehead atoms. The van der Waals surface area contributed by atoms with Crippen molar-refractivity contribution in [1.82, 2.24) is 8.87 Å². The largest absolute Gasteiger partial charge is 0.468 e. The number of methoxy groups -OCH3 is 1. The minimum Gasteiger partial charge on any atom is -0.468 e. The number of hydrogen-bond acceptors (Lipinski definition) is 6. The quantitative estimate of drug-likeness (QED) is 0.468. The molecule has 0 unspecified atom stereocenters. The molecule has 0 aliphatic heterocycles. The van der Waals surface area contributed by atoms with Crippen molar-refractivity contribution in [2.45, 2.75) is 25.3 Å². The molecule has 2 aromatic carbocycles. The number of amides is 1. The minimum absolute atomic E-state index is 0.106. The molecule has 1 aromatic heterocycles. The number of ether oxygens (including phenoxy) is 1. The maximum absolute atomic E-state index is 12.8. The molecular formula is C21H22ClN3O5S2. The summed E-state index contributed by atoms with van der Waals surface area (Å²) in [5, 5.41) is 0.520. The molecule has 0 fully saturated rings. The van der Waals surface area contributed by atoms with Crippen molar-refractivity contribution < 1.29 is 22.7 Å². The molecule has 0 aliphatic rings. The number of sulfonamides is 1. The lowest BCUT2D eigenvalue weighted by molar-refractivity contribution is -0.141. The molecule has 0 radical (unpaired) electrons. The third kappa shape index (κ3) is 4.93. The first kappa shape index (κ1) is 24.1. The van der Waals surface area contributed by atoms with Crippen LogP contribution in [0.4, 0.5) is 0 Å². The molecule has 1 amide bonds. The summed E-state index contributed by atoms with van der Waals surface area (Å²) < 4.78 is 33.7. The number of thiazole rings is 1. The number of carbonyl (C=O) groups is 2. The molecule has 0 aliphatic carbocycles. The molecule has 0 spiro atoms. The Morgan fingerprint density at radius 1 is 1.12 bits per heavy atom. The zero-order chi connectivity index (χ0) is 23.5. The molecule has 0 saturated heterocycles. The highest BCUT2D eigenvalue weighted by Crippen LogP contribution is 2.22. The van der Waals surface area contributed by atoms with Crippen LogP contribution in [0.2, 0.25) is 5.02 Å². The van der Waals surface area contributed by atoms with Crippen molar-refractivity contribution in [1.29, 1.82) is 0 Å². The van der Waals surface area contributed by atoms with Gasteiger partial charge in [-0.2, -0.15) is 9.30 Å². The molecule has 0 N–H and O–H groups in total. The number of fused-ring (bicyclic) bond motifs is 1. The van der Waals surface area contributed by atoms with E-state index in [1.54, 1.807) is 36.6 Å². The number of carbonyl (C=O) groups excluding carboxylic acids is 2. The standard InChI is InChI=1S/C21H22ClN3O5S2/c1-4-24(5-2)32(28,29)16-9-6-14(7-10-16)20(27)23-21-25(13-19(26)30-3)17-11-8-15(22)12-18(17)31-21/h6-12H,4-5,13H2,1-3H3. The first-order valence-electron chi connectivity index (χ1n) is 9.76. The van der Waals surface area contributed by atoms with Crippen molar-refractivity contribution in [3.63, 3.8) is 0 Å². The van der Waals surface area contributed by atoms with Gasteiger partial charge in [-0.1, -0.05) is 36.8 Å². The molecule has 1 heterocycles. The molecule has 0 saturated carbocycles. The highest BCUT2D eigenvalue weighted by atomic mass is 35.5. The van der Waals surface area contributed by atoms with Crippen molar-refractivity contribution in [2.75, 3.05) is 20.2 Å². The van der Waals surface area contributed by atoms with Crippen LogP contribution in [0, 0.1) is 0 Å². The van der Waals surface area contributed by atoms with Crippen LogP contribution >= 0.6 is 22.9 Å². The SMILES string of the molecule is CCN(CC)S(=O)(=O)c1ccc(C(=O)N=c2sc3cc(Cl)ccc3n2CC(=O)OC)cc1. The summed E-state index contributed by atoms with van der Waals surface area (Å²) >= 11 is 7.28. The van der Waals surface area contributed by atoms with E-state index in [1.165, 1.54) is 47.0 Å². The van der Waals surface area contributed by atoms with Gasteiger partial charge in [0.05, 0.1) is 22.2 Å². The fraction of sp³-hybridized carbons (Fsp3) is 0.286. The zero-order valence-corrected chi connectivity index (χ0v) is 20.1. The van der Waals surface area contributed by atoms with Crippen LogP contribution < -0.4 is 4.80 Å². The summed E-state index contributed by atoms with van der Waals surface area (Å²) in [5.74, 6) is -1.05. The van der Waals surface area contributed by atoms with Gasteiger partial charge in [0, 0.05) is 23.7 Å². The van der Waals surface area contributed by atoms with E-state index in [9.17, 15) is 18.0 Å². The Morgan fingerprint density at radius 3 is 2.38 bits per heavy atom. The Kier molecular flexibility index (Phi) is 7.50. The fourth-order valence-corrected chi connectivity index (χ4v) is 5.87. The van der Waals surface area contributed by atoms with Gasteiger partial charge in [0.2, 0.25) is 10.0 Å². The van der Waals surface area contributed by atoms with Crippen LogP contribution in [-0.4, -0.2) is 49.4 Å². The molecule has 0 atom stereocenters. The summed E-state index contributed by atoms with van der Waals surface area (Å²) in [6.45, 7) is 4.11. The third-order valence-electron chi connectivity index (χ3n) is 4.80. The molecule has 8 nitrogen and oxygen atoms in total. The van der Waals surface area contributed by atoms with E-state index >= 15 is 0 Å². The van der Waals surface area contributed by atoms with Crippen molar-refractivity contribution in [3.8, 4) is 0 Å². The Balaban J connectivity index is 2.01. The second-order valence-electron chi connectivity index (χ2n) is 6.69. The summed E-state index contributed by atoms with van der Waals surface area (Å²) in [4.78, 5) is 29.3. The van der Waals surface area contributed by atoms with E-state index in [2.05, 4.69) is 4.99 Å². The van der Waals surface area contributed by atoms with Crippen molar-refractivity contribution >= 4 is 55.1 Å². The fourth-order valence-electron chi connectivity index (χ4n) is 3.11. The minimum atomic E-state index is -3.62. The molecule has 3 aromatic rings. The summed E-state index contributed by atoms with van der Waals surface area (Å²) in [6, 6.07) is 10.8. The Labute approximate surface area is 194 Å². The van der Waals surface area contributed by atoms with Gasteiger partial charge in [0.1, 0.15) is 6.54 Å². The van der Waals surface area contributed by atoms with Gasteiger partial charge in [-0.3, -0.25) is 9.59 Å². The summed E-state index contributed by atoms with van der Waals surface area (Å²) in [5.41, 5.74) is 0.917. The number of rotatable bonds is 7. The normalized spacial score (nSPS) is 12.5. The molecule has 32 heavy (non-hydrogen) atoms. The summed E-state index contributed by atoms with van der Waals surface area (Å²) in [7, 11) is -2.34. The average molecular weight is 496 g/mol. The first-order chi connectivity index (χ1) is 15.2. The number of halogens is 1. The molecular weight excluding hydrogens is 474 g/mol. The predicted molar refractivity (Wildman–Crippen MR) is 123 cm³/mol. The number of aromatic nitrogens is 1. The molecule has 3 rings (SSSR count). The molecule has 11 heteroatoms. The maximum atomic E-state index is 12.8. The van der Waals surface area contributed by atoms with Gasteiger partial charge in [-0.05, 0) is 42.5 Å². The number of esters is 1. The number of benzene rings is 2. The van der Waals surface area contributed by atoms with Crippen LogP contribution in [0.15, 0.2) is 52.4 Å². The Morgan fingerprint density at radius 2 is 1.78 bits per heavy atom. The van der Waals surface area contributed by atoms with Crippen LogP contribution in [0.1, 0.15) is 24.2 Å². The van der Waals surface area contributed by atoms with Crippen LogP contribution in [0.3, 0.4) is 0 Å². The summed E-state index contributed by atoms with van der Waals surface area (Å²) in [6.07, 6.45) is 0. The highest BCUT2D eigenvalue weighted by molar-refractivity contribution is 7.89. The van der Waals surface area contributed by atoms with Gasteiger partial charge >= 0.3 is 5.97 Å². The van der Waals surface area contributed by atoms with E-state index in [0.29, 0.717) is 28.4 Å². The number of nitrogens with zero attached hydrogens (tertiary/aromatic N) is 3. The highest BCUT2D eigenvalue weighted by Gasteiger charge is 2.21. The topological polar surface area (TPSA) is 98.0 Å². The Bertz CT molecular complexity index is 1320. The van der Waals surface area contributed by atoms with Gasteiger partial charge < -0.3 is 9.30 Å². The lowest BCUT2D eigenvalue weighted by atomic mass is 10.2. The number of hydrogen-bond donors (Lipinski definition) is 0. The molecule has 170 valence electrons.